The number of nitrogen functional groups attached to an aromatic ring is 1. The average Bonchev–Trinajstić information content (AvgIpc) is 2.92. The third kappa shape index (κ3) is 11.7. The minimum absolute atomic E-state index is 0.0879. The molecule has 2 aliphatic rings. The van der Waals surface area contributed by atoms with E-state index in [1.54, 1.807) is 31.1 Å². The molecule has 14 heteroatoms. The van der Waals surface area contributed by atoms with E-state index in [2.05, 4.69) is 10.2 Å². The fourth-order valence-corrected chi connectivity index (χ4v) is 4.73. The van der Waals surface area contributed by atoms with Gasteiger partial charge < -0.3 is 40.5 Å². The van der Waals surface area contributed by atoms with Gasteiger partial charge in [-0.05, 0) is 38.7 Å². The van der Waals surface area contributed by atoms with E-state index in [0.717, 1.165) is 45.6 Å². The summed E-state index contributed by atoms with van der Waals surface area (Å²) in [5.74, 6) is -1.80. The van der Waals surface area contributed by atoms with Crippen LogP contribution in [0.1, 0.15) is 37.0 Å². The van der Waals surface area contributed by atoms with Crippen molar-refractivity contribution in [3.8, 4) is 5.75 Å². The molecule has 0 aliphatic carbocycles. The van der Waals surface area contributed by atoms with Crippen LogP contribution in [0.2, 0.25) is 5.02 Å². The molecule has 2 aliphatic heterocycles. The second-order valence-electron chi connectivity index (χ2n) is 10.6. The zero-order valence-electron chi connectivity index (χ0n) is 24.5. The predicted molar refractivity (Wildman–Crippen MR) is 158 cm³/mol. The van der Waals surface area contributed by atoms with Gasteiger partial charge in [0, 0.05) is 71.6 Å². The SMILES string of the molecule is CC(C)Oc1cc(N)c(Cl)cc1C(=O)NCC1CN(CC2CCN(C(=O)N(C)C)CC2)CCO1.O=C(O)/C=C/C(=O)O. The van der Waals surface area contributed by atoms with Crippen LogP contribution in [0.5, 0.6) is 5.75 Å². The second kappa shape index (κ2) is 16.8. The third-order valence-electron chi connectivity index (χ3n) is 6.57. The fraction of sp³-hybridized carbons (Fsp3) is 0.571. The number of nitrogens with zero attached hydrogens (tertiary/aromatic N) is 3. The van der Waals surface area contributed by atoms with E-state index < -0.39 is 11.9 Å². The number of halogens is 1. The number of anilines is 1. The number of rotatable bonds is 9. The summed E-state index contributed by atoms with van der Waals surface area (Å²) in [4.78, 5) is 50.1. The Labute approximate surface area is 251 Å². The maximum absolute atomic E-state index is 12.9. The molecule has 42 heavy (non-hydrogen) atoms. The van der Waals surface area contributed by atoms with Crippen molar-refractivity contribution in [1.82, 2.24) is 20.0 Å². The minimum atomic E-state index is -1.26. The largest absolute Gasteiger partial charge is 0.490 e. The third-order valence-corrected chi connectivity index (χ3v) is 6.90. The van der Waals surface area contributed by atoms with E-state index in [9.17, 15) is 19.2 Å². The lowest BCUT2D eigenvalue weighted by Gasteiger charge is -2.38. The number of nitrogens with two attached hydrogens (primary N) is 1. The number of hydrogen-bond donors (Lipinski definition) is 4. The number of carbonyl (C=O) groups excluding carboxylic acids is 2. The van der Waals surface area contributed by atoms with E-state index in [-0.39, 0.29) is 24.1 Å². The fourth-order valence-electron chi connectivity index (χ4n) is 4.57. The summed E-state index contributed by atoms with van der Waals surface area (Å²) in [5.41, 5.74) is 6.63. The van der Waals surface area contributed by atoms with Crippen LogP contribution in [0.25, 0.3) is 0 Å². The molecule has 3 amide bonds. The summed E-state index contributed by atoms with van der Waals surface area (Å²) in [7, 11) is 3.59. The van der Waals surface area contributed by atoms with Gasteiger partial charge >= 0.3 is 18.0 Å². The zero-order chi connectivity index (χ0) is 31.4. The summed E-state index contributed by atoms with van der Waals surface area (Å²) in [6.07, 6.45) is 2.94. The number of urea groups is 1. The quantitative estimate of drug-likeness (QED) is 0.239. The van der Waals surface area contributed by atoms with Gasteiger partial charge in [0.1, 0.15) is 5.75 Å². The van der Waals surface area contributed by atoms with E-state index in [1.807, 2.05) is 18.7 Å². The summed E-state index contributed by atoms with van der Waals surface area (Å²) >= 11 is 6.15. The number of carboxylic acids is 2. The number of piperidine rings is 1. The number of ether oxygens (including phenoxy) is 2. The van der Waals surface area contributed by atoms with Crippen LogP contribution in [0.4, 0.5) is 10.5 Å². The molecule has 234 valence electrons. The molecular formula is C28H42ClN5O8. The Bertz CT molecular complexity index is 1110. The first kappa shape index (κ1) is 34.7. The second-order valence-corrected chi connectivity index (χ2v) is 11.0. The number of likely N-dealkylation sites (tertiary alicyclic amines) is 1. The smallest absolute Gasteiger partial charge is 0.328 e. The van der Waals surface area contributed by atoms with Gasteiger partial charge in [-0.25, -0.2) is 14.4 Å². The van der Waals surface area contributed by atoms with Crippen molar-refractivity contribution in [3.05, 3.63) is 34.9 Å². The van der Waals surface area contributed by atoms with Crippen molar-refractivity contribution in [3.63, 3.8) is 0 Å². The molecule has 0 bridgehead atoms. The molecule has 0 radical (unpaired) electrons. The monoisotopic (exact) mass is 611 g/mol. The topological polar surface area (TPSA) is 175 Å². The summed E-state index contributed by atoms with van der Waals surface area (Å²) in [5, 5.41) is 18.9. The predicted octanol–water partition coefficient (Wildman–Crippen LogP) is 2.25. The molecule has 13 nitrogen and oxygen atoms in total. The van der Waals surface area contributed by atoms with Gasteiger partial charge in [0.15, 0.2) is 0 Å². The molecular weight excluding hydrogens is 570 g/mol. The Morgan fingerprint density at radius 2 is 1.76 bits per heavy atom. The summed E-state index contributed by atoms with van der Waals surface area (Å²) < 4.78 is 11.7. The van der Waals surface area contributed by atoms with Gasteiger partial charge in [-0.1, -0.05) is 11.6 Å². The van der Waals surface area contributed by atoms with Crippen LogP contribution in [0.3, 0.4) is 0 Å². The Morgan fingerprint density at radius 1 is 1.14 bits per heavy atom. The highest BCUT2D eigenvalue weighted by Crippen LogP contribution is 2.30. The van der Waals surface area contributed by atoms with Crippen LogP contribution < -0.4 is 15.8 Å². The minimum Gasteiger partial charge on any atom is -0.490 e. The number of benzene rings is 1. The molecule has 0 aromatic heterocycles. The highest BCUT2D eigenvalue weighted by atomic mass is 35.5. The molecule has 5 N–H and O–H groups in total. The van der Waals surface area contributed by atoms with Crippen LogP contribution in [0, 0.1) is 5.92 Å². The molecule has 1 atom stereocenters. The zero-order valence-corrected chi connectivity index (χ0v) is 25.3. The maximum Gasteiger partial charge on any atom is 0.328 e. The normalized spacial score (nSPS) is 17.9. The standard InChI is InChI=1S/C24H38ClN5O4.C4H4O4/c1-16(2)34-22-12-21(26)20(25)11-19(22)23(31)27-13-18-15-29(9-10-33-18)14-17-5-7-30(8-6-17)24(32)28(3)4;5-3(6)1-2-4(7)8/h11-12,16-18H,5-10,13-15,26H2,1-4H3,(H,27,31);1-2H,(H,5,6)(H,7,8)/b;2-1+. The molecule has 1 unspecified atom stereocenters. The maximum atomic E-state index is 12.9. The Balaban J connectivity index is 0.000000675. The molecule has 3 rings (SSSR count). The van der Waals surface area contributed by atoms with Gasteiger partial charge in [0.2, 0.25) is 0 Å². The Hall–Kier alpha value is -3.55. The first-order valence-corrected chi connectivity index (χ1v) is 14.1. The highest BCUT2D eigenvalue weighted by molar-refractivity contribution is 6.33. The lowest BCUT2D eigenvalue weighted by molar-refractivity contribution is -0.134. The number of amides is 3. The van der Waals surface area contributed by atoms with Gasteiger partial charge in [-0.15, -0.1) is 0 Å². The van der Waals surface area contributed by atoms with Crippen LogP contribution >= 0.6 is 11.6 Å². The highest BCUT2D eigenvalue weighted by Gasteiger charge is 2.28. The van der Waals surface area contributed by atoms with Gasteiger partial charge in [0.05, 0.1) is 35.1 Å². The first-order chi connectivity index (χ1) is 19.8. The van der Waals surface area contributed by atoms with Gasteiger partial charge in [0.25, 0.3) is 5.91 Å². The Morgan fingerprint density at radius 3 is 2.31 bits per heavy atom. The summed E-state index contributed by atoms with van der Waals surface area (Å²) in [6.45, 7) is 9.03. The van der Waals surface area contributed by atoms with Crippen molar-refractivity contribution in [1.29, 1.82) is 0 Å². The molecule has 2 saturated heterocycles. The van der Waals surface area contributed by atoms with Crippen molar-refractivity contribution in [2.24, 2.45) is 5.92 Å². The lowest BCUT2D eigenvalue weighted by Crippen LogP contribution is -2.50. The van der Waals surface area contributed by atoms with Crippen molar-refractivity contribution < 1.29 is 38.9 Å². The van der Waals surface area contributed by atoms with Crippen LogP contribution in [-0.4, -0.2) is 121 Å². The number of carbonyl (C=O) groups is 4. The lowest BCUT2D eigenvalue weighted by atomic mass is 9.96. The number of carboxylic acid groups (broad SMARTS) is 2. The number of nitrogens with one attached hydrogen (secondary N) is 1. The first-order valence-electron chi connectivity index (χ1n) is 13.7. The van der Waals surface area contributed by atoms with E-state index in [0.29, 0.717) is 53.2 Å². The number of hydrogen-bond acceptors (Lipinski definition) is 8. The van der Waals surface area contributed by atoms with Gasteiger partial charge in [-0.2, -0.15) is 0 Å². The molecule has 0 spiro atoms. The van der Waals surface area contributed by atoms with Crippen molar-refractivity contribution in [2.45, 2.75) is 38.9 Å². The number of morpholine rings is 1. The molecule has 1 aromatic carbocycles. The molecule has 0 saturated carbocycles. The van der Waals surface area contributed by atoms with Crippen LogP contribution in [-0.2, 0) is 14.3 Å². The molecule has 2 heterocycles. The van der Waals surface area contributed by atoms with E-state index in [1.165, 1.54) is 0 Å². The molecule has 1 aromatic rings. The van der Waals surface area contributed by atoms with Gasteiger partial charge in [-0.3, -0.25) is 9.69 Å². The summed E-state index contributed by atoms with van der Waals surface area (Å²) in [6, 6.07) is 3.23. The van der Waals surface area contributed by atoms with Crippen molar-refractivity contribution >= 4 is 41.2 Å². The van der Waals surface area contributed by atoms with Crippen LogP contribution in [0.15, 0.2) is 24.3 Å². The van der Waals surface area contributed by atoms with E-state index in [4.69, 9.17) is 37.0 Å². The molecule has 2 fully saturated rings. The average molecular weight is 612 g/mol. The number of aliphatic carboxylic acids is 2. The Kier molecular flexibility index (Phi) is 13.8. The van der Waals surface area contributed by atoms with E-state index >= 15 is 0 Å². The van der Waals surface area contributed by atoms with Crippen molar-refractivity contribution in [2.75, 3.05) is 65.7 Å².